The van der Waals surface area contributed by atoms with E-state index in [9.17, 15) is 8.78 Å². The highest BCUT2D eigenvalue weighted by Gasteiger charge is 2.23. The summed E-state index contributed by atoms with van der Waals surface area (Å²) in [4.78, 5) is -0.538. The Bertz CT molecular complexity index is 636. The average Bonchev–Trinajstić information content (AvgIpc) is 2.36. The zero-order valence-electron chi connectivity index (χ0n) is 12.4. The Balaban J connectivity index is 2.58. The van der Waals surface area contributed by atoms with Crippen molar-refractivity contribution >= 4 is 15.9 Å². The molecule has 0 aromatic heterocycles. The molecule has 0 amide bonds. The van der Waals surface area contributed by atoms with E-state index in [-0.39, 0.29) is 11.3 Å². The maximum Gasteiger partial charge on any atom is 0.134 e. The van der Waals surface area contributed by atoms with Crippen molar-refractivity contribution in [2.45, 2.75) is 25.6 Å². The summed E-state index contributed by atoms with van der Waals surface area (Å²) in [6.07, 6.45) is 0. The van der Waals surface area contributed by atoms with Crippen molar-refractivity contribution < 1.29 is 13.5 Å². The van der Waals surface area contributed by atoms with Crippen LogP contribution in [0.15, 0.2) is 24.3 Å². The van der Waals surface area contributed by atoms with Crippen molar-refractivity contribution in [3.05, 3.63) is 63.7 Å². The minimum Gasteiger partial charge on any atom is -0.497 e. The van der Waals surface area contributed by atoms with E-state index in [1.54, 1.807) is 0 Å². The van der Waals surface area contributed by atoms with E-state index in [1.807, 2.05) is 32.9 Å². The Hall–Kier alpha value is -1.42. The third kappa shape index (κ3) is 3.10. The Morgan fingerprint density at radius 1 is 0.905 bits per heavy atom. The molecule has 2 aromatic carbocycles. The first-order valence-electron chi connectivity index (χ1n) is 6.60. The molecule has 0 heterocycles. The zero-order valence-corrected chi connectivity index (χ0v) is 14.0. The van der Waals surface area contributed by atoms with Crippen LogP contribution in [0.4, 0.5) is 8.78 Å². The standard InChI is InChI=1S/C17H17BrF2O/c1-9-5-10(2)15(11(3)6-9)17(18)16-13(19)7-12(21-4)8-14(16)20/h5-8,17H,1-4H3. The Morgan fingerprint density at radius 3 is 1.81 bits per heavy atom. The second-order valence-corrected chi connectivity index (χ2v) is 6.10. The third-order valence-corrected chi connectivity index (χ3v) is 4.45. The van der Waals surface area contributed by atoms with Gasteiger partial charge in [0.15, 0.2) is 0 Å². The minimum atomic E-state index is -0.618. The lowest BCUT2D eigenvalue weighted by Crippen LogP contribution is -2.05. The van der Waals surface area contributed by atoms with E-state index in [0.29, 0.717) is 0 Å². The van der Waals surface area contributed by atoms with Gasteiger partial charge in [0.1, 0.15) is 17.4 Å². The summed E-state index contributed by atoms with van der Waals surface area (Å²) in [7, 11) is 1.38. The monoisotopic (exact) mass is 354 g/mol. The van der Waals surface area contributed by atoms with Crippen LogP contribution in [0.5, 0.6) is 5.75 Å². The molecular formula is C17H17BrF2O. The van der Waals surface area contributed by atoms with Gasteiger partial charge >= 0.3 is 0 Å². The normalized spacial score (nSPS) is 12.3. The number of rotatable bonds is 3. The van der Waals surface area contributed by atoms with Gasteiger partial charge in [0.2, 0.25) is 0 Å². The van der Waals surface area contributed by atoms with E-state index in [2.05, 4.69) is 15.9 Å². The first-order valence-corrected chi connectivity index (χ1v) is 7.51. The highest BCUT2D eigenvalue weighted by Crippen LogP contribution is 2.39. The van der Waals surface area contributed by atoms with Crippen LogP contribution in [0, 0.1) is 32.4 Å². The number of hydrogen-bond donors (Lipinski definition) is 0. The Labute approximate surface area is 132 Å². The van der Waals surface area contributed by atoms with Crippen molar-refractivity contribution in [2.75, 3.05) is 7.11 Å². The molecule has 2 rings (SSSR count). The molecule has 0 aliphatic carbocycles. The van der Waals surface area contributed by atoms with Gasteiger partial charge in [0.25, 0.3) is 0 Å². The first kappa shape index (κ1) is 16.0. The van der Waals surface area contributed by atoms with Gasteiger partial charge in [-0.1, -0.05) is 33.6 Å². The number of ether oxygens (including phenoxy) is 1. The van der Waals surface area contributed by atoms with Crippen molar-refractivity contribution in [1.29, 1.82) is 0 Å². The van der Waals surface area contributed by atoms with E-state index in [0.717, 1.165) is 22.3 Å². The smallest absolute Gasteiger partial charge is 0.134 e. The molecule has 0 bridgehead atoms. The van der Waals surface area contributed by atoms with Gasteiger partial charge in [0.05, 0.1) is 11.9 Å². The second-order valence-electron chi connectivity index (χ2n) is 5.18. The lowest BCUT2D eigenvalue weighted by atomic mass is 9.93. The fraction of sp³-hybridized carbons (Fsp3) is 0.294. The molecule has 4 heteroatoms. The van der Waals surface area contributed by atoms with Crippen molar-refractivity contribution in [3.63, 3.8) is 0 Å². The van der Waals surface area contributed by atoms with Crippen LogP contribution in [0.3, 0.4) is 0 Å². The maximum absolute atomic E-state index is 14.2. The zero-order chi connectivity index (χ0) is 15.7. The summed E-state index contributed by atoms with van der Waals surface area (Å²) in [5.41, 5.74) is 4.03. The quantitative estimate of drug-likeness (QED) is 0.672. The molecule has 1 nitrogen and oxygen atoms in total. The van der Waals surface area contributed by atoms with Crippen LogP contribution in [-0.4, -0.2) is 7.11 Å². The third-order valence-electron chi connectivity index (χ3n) is 3.53. The van der Waals surface area contributed by atoms with E-state index in [4.69, 9.17) is 4.74 Å². The van der Waals surface area contributed by atoms with Crippen LogP contribution in [-0.2, 0) is 0 Å². The lowest BCUT2D eigenvalue weighted by molar-refractivity contribution is 0.405. The molecule has 112 valence electrons. The van der Waals surface area contributed by atoms with Gasteiger partial charge in [0, 0.05) is 17.7 Å². The fourth-order valence-electron chi connectivity index (χ4n) is 2.66. The number of aryl methyl sites for hydroxylation is 3. The SMILES string of the molecule is COc1cc(F)c(C(Br)c2c(C)cc(C)cc2C)c(F)c1. The topological polar surface area (TPSA) is 9.23 Å². The van der Waals surface area contributed by atoms with Gasteiger partial charge < -0.3 is 4.74 Å². The van der Waals surface area contributed by atoms with E-state index >= 15 is 0 Å². The second kappa shape index (κ2) is 6.14. The van der Waals surface area contributed by atoms with E-state index in [1.165, 1.54) is 19.2 Å². The molecule has 0 aliphatic heterocycles. The summed E-state index contributed by atoms with van der Waals surface area (Å²) in [6.45, 7) is 5.90. The minimum absolute atomic E-state index is 0.00542. The molecule has 0 saturated heterocycles. The summed E-state index contributed by atoms with van der Waals surface area (Å²) in [6, 6.07) is 6.42. The number of hydrogen-bond acceptors (Lipinski definition) is 1. The number of halogens is 3. The van der Waals surface area contributed by atoms with Gasteiger partial charge in [-0.05, 0) is 37.5 Å². The van der Waals surface area contributed by atoms with Crippen molar-refractivity contribution in [1.82, 2.24) is 0 Å². The number of alkyl halides is 1. The molecule has 2 aromatic rings. The Kier molecular flexibility index (Phi) is 4.67. The predicted octanol–water partition coefficient (Wildman–Crippen LogP) is 5.38. The highest BCUT2D eigenvalue weighted by molar-refractivity contribution is 9.09. The molecule has 0 fully saturated rings. The molecule has 0 radical (unpaired) electrons. The van der Waals surface area contributed by atoms with Gasteiger partial charge in [-0.3, -0.25) is 0 Å². The van der Waals surface area contributed by atoms with Crippen LogP contribution in [0.1, 0.15) is 32.6 Å². The van der Waals surface area contributed by atoms with E-state index < -0.39 is 16.5 Å². The molecular weight excluding hydrogens is 338 g/mol. The van der Waals surface area contributed by atoms with Gasteiger partial charge in [-0.15, -0.1) is 0 Å². The first-order chi connectivity index (χ1) is 9.85. The summed E-state index contributed by atoms with van der Waals surface area (Å²) in [5.74, 6) is -1.06. The lowest BCUT2D eigenvalue weighted by Gasteiger charge is -2.19. The van der Waals surface area contributed by atoms with Crippen LogP contribution >= 0.6 is 15.9 Å². The number of benzene rings is 2. The summed E-state index contributed by atoms with van der Waals surface area (Å²) in [5, 5.41) is 0. The average molecular weight is 355 g/mol. The molecule has 0 spiro atoms. The maximum atomic E-state index is 14.2. The molecule has 0 saturated carbocycles. The van der Waals surface area contributed by atoms with Crippen LogP contribution < -0.4 is 4.74 Å². The highest BCUT2D eigenvalue weighted by atomic mass is 79.9. The van der Waals surface area contributed by atoms with Crippen molar-refractivity contribution in [3.8, 4) is 5.75 Å². The summed E-state index contributed by atoms with van der Waals surface area (Å²) < 4.78 is 33.3. The molecule has 1 unspecified atom stereocenters. The fourth-order valence-corrected chi connectivity index (χ4v) is 3.82. The molecule has 1 atom stereocenters. The molecule has 21 heavy (non-hydrogen) atoms. The Morgan fingerprint density at radius 2 is 1.38 bits per heavy atom. The van der Waals surface area contributed by atoms with Crippen LogP contribution in [0.25, 0.3) is 0 Å². The molecule has 0 aliphatic rings. The summed E-state index contributed by atoms with van der Waals surface area (Å²) >= 11 is 3.45. The molecule has 0 N–H and O–H groups in total. The van der Waals surface area contributed by atoms with Gasteiger partial charge in [-0.2, -0.15) is 0 Å². The largest absolute Gasteiger partial charge is 0.497 e. The number of methoxy groups -OCH3 is 1. The van der Waals surface area contributed by atoms with Crippen LogP contribution in [0.2, 0.25) is 0 Å². The predicted molar refractivity (Wildman–Crippen MR) is 84.3 cm³/mol. The van der Waals surface area contributed by atoms with Gasteiger partial charge in [-0.25, -0.2) is 8.78 Å². The van der Waals surface area contributed by atoms with Crippen molar-refractivity contribution in [2.24, 2.45) is 0 Å².